The number of nitrogens with two attached hydrogens (primary N) is 1. The SMILES string of the molecule is CC(O)CCNC(=O)[C@H](N)C(C)(C)C. The maximum Gasteiger partial charge on any atom is 0.237 e. The summed E-state index contributed by atoms with van der Waals surface area (Å²) in [5.41, 5.74) is 5.51. The molecule has 0 bridgehead atoms. The van der Waals surface area contributed by atoms with Crippen LogP contribution in [0.15, 0.2) is 0 Å². The number of hydrogen-bond donors (Lipinski definition) is 3. The predicted octanol–water partition coefficient (Wildman–Crippen LogP) is 0.247. The second kappa shape index (κ2) is 5.32. The molecule has 0 fully saturated rings. The second-order valence-corrected chi connectivity index (χ2v) is 4.77. The molecule has 0 radical (unpaired) electrons. The highest BCUT2D eigenvalue weighted by molar-refractivity contribution is 5.82. The van der Waals surface area contributed by atoms with Gasteiger partial charge in [0, 0.05) is 6.54 Å². The number of carbonyl (C=O) groups excluding carboxylic acids is 1. The fourth-order valence-corrected chi connectivity index (χ4v) is 0.907. The number of carbonyl (C=O) groups is 1. The maximum atomic E-state index is 11.5. The Morgan fingerprint density at radius 3 is 2.36 bits per heavy atom. The highest BCUT2D eigenvalue weighted by Crippen LogP contribution is 2.16. The third kappa shape index (κ3) is 5.19. The molecule has 4 N–H and O–H groups in total. The van der Waals surface area contributed by atoms with Gasteiger partial charge in [-0.2, -0.15) is 0 Å². The molecule has 0 aromatic rings. The summed E-state index contributed by atoms with van der Waals surface area (Å²) in [6.07, 6.45) is 0.170. The number of aliphatic hydroxyl groups excluding tert-OH is 1. The molecule has 0 aromatic carbocycles. The highest BCUT2D eigenvalue weighted by atomic mass is 16.3. The first kappa shape index (κ1) is 13.4. The molecule has 0 spiro atoms. The van der Waals surface area contributed by atoms with E-state index in [1.165, 1.54) is 0 Å². The van der Waals surface area contributed by atoms with Crippen molar-refractivity contribution in [2.75, 3.05) is 6.54 Å². The molecular weight excluding hydrogens is 180 g/mol. The number of hydrogen-bond acceptors (Lipinski definition) is 3. The highest BCUT2D eigenvalue weighted by Gasteiger charge is 2.26. The zero-order valence-corrected chi connectivity index (χ0v) is 9.50. The van der Waals surface area contributed by atoms with Crippen molar-refractivity contribution >= 4 is 5.91 Å². The summed E-state index contributed by atoms with van der Waals surface area (Å²) in [4.78, 5) is 11.5. The van der Waals surface area contributed by atoms with Crippen molar-refractivity contribution in [1.29, 1.82) is 0 Å². The van der Waals surface area contributed by atoms with Crippen LogP contribution in [-0.2, 0) is 4.79 Å². The lowest BCUT2D eigenvalue weighted by Crippen LogP contribution is -2.48. The molecule has 0 saturated carbocycles. The van der Waals surface area contributed by atoms with Crippen LogP contribution in [0.2, 0.25) is 0 Å². The van der Waals surface area contributed by atoms with E-state index in [-0.39, 0.29) is 17.4 Å². The third-order valence-electron chi connectivity index (χ3n) is 2.08. The van der Waals surface area contributed by atoms with Crippen molar-refractivity contribution in [3.05, 3.63) is 0 Å². The molecule has 84 valence electrons. The average Bonchev–Trinajstić information content (AvgIpc) is 2.00. The lowest BCUT2D eigenvalue weighted by molar-refractivity contribution is -0.124. The Hall–Kier alpha value is -0.610. The number of aliphatic hydroxyl groups is 1. The average molecular weight is 202 g/mol. The van der Waals surface area contributed by atoms with Crippen molar-refractivity contribution in [2.24, 2.45) is 11.1 Å². The number of amides is 1. The second-order valence-electron chi connectivity index (χ2n) is 4.77. The molecule has 1 unspecified atom stereocenters. The molecular formula is C10H22N2O2. The monoisotopic (exact) mass is 202 g/mol. The van der Waals surface area contributed by atoms with Crippen LogP contribution in [0.3, 0.4) is 0 Å². The van der Waals surface area contributed by atoms with Crippen molar-refractivity contribution in [2.45, 2.75) is 46.3 Å². The van der Waals surface area contributed by atoms with Gasteiger partial charge < -0.3 is 16.2 Å². The van der Waals surface area contributed by atoms with E-state index in [4.69, 9.17) is 10.8 Å². The Labute approximate surface area is 85.9 Å². The first-order valence-electron chi connectivity index (χ1n) is 4.96. The van der Waals surface area contributed by atoms with Gasteiger partial charge in [-0.1, -0.05) is 20.8 Å². The first-order valence-corrected chi connectivity index (χ1v) is 4.96. The Kier molecular flexibility index (Phi) is 5.08. The van der Waals surface area contributed by atoms with Gasteiger partial charge in [-0.15, -0.1) is 0 Å². The summed E-state index contributed by atoms with van der Waals surface area (Å²) in [6, 6.07) is -0.503. The van der Waals surface area contributed by atoms with Gasteiger partial charge in [0.1, 0.15) is 0 Å². The first-order chi connectivity index (χ1) is 6.25. The van der Waals surface area contributed by atoms with Crippen LogP contribution >= 0.6 is 0 Å². The van der Waals surface area contributed by atoms with Crippen LogP contribution < -0.4 is 11.1 Å². The zero-order chi connectivity index (χ0) is 11.4. The van der Waals surface area contributed by atoms with E-state index in [1.54, 1.807) is 6.92 Å². The Balaban J connectivity index is 3.86. The summed E-state index contributed by atoms with van der Waals surface area (Å²) in [5.74, 6) is -0.154. The fraction of sp³-hybridized carbons (Fsp3) is 0.900. The van der Waals surface area contributed by atoms with E-state index >= 15 is 0 Å². The predicted molar refractivity (Wildman–Crippen MR) is 56.7 cm³/mol. The molecule has 4 nitrogen and oxygen atoms in total. The van der Waals surface area contributed by atoms with Gasteiger partial charge in [0.25, 0.3) is 0 Å². The minimum absolute atomic E-state index is 0.154. The fourth-order valence-electron chi connectivity index (χ4n) is 0.907. The smallest absolute Gasteiger partial charge is 0.237 e. The standard InChI is InChI=1S/C10H22N2O2/c1-7(13)5-6-12-9(14)8(11)10(2,3)4/h7-8,13H,5-6,11H2,1-4H3,(H,12,14)/t7?,8-/m0/s1. The summed E-state index contributed by atoms with van der Waals surface area (Å²) in [5, 5.41) is 11.7. The lowest BCUT2D eigenvalue weighted by Gasteiger charge is -2.25. The molecule has 0 rings (SSSR count). The topological polar surface area (TPSA) is 75.3 Å². The van der Waals surface area contributed by atoms with Crippen molar-refractivity contribution < 1.29 is 9.90 Å². The third-order valence-corrected chi connectivity index (χ3v) is 2.08. The Bertz CT molecular complexity index is 185. The van der Waals surface area contributed by atoms with Crippen LogP contribution in [0, 0.1) is 5.41 Å². The summed E-state index contributed by atoms with van der Waals surface area (Å²) in [7, 11) is 0. The van der Waals surface area contributed by atoms with E-state index in [0.29, 0.717) is 13.0 Å². The van der Waals surface area contributed by atoms with E-state index in [1.807, 2.05) is 20.8 Å². The van der Waals surface area contributed by atoms with Gasteiger partial charge in [-0.3, -0.25) is 4.79 Å². The minimum atomic E-state index is -0.503. The van der Waals surface area contributed by atoms with Crippen molar-refractivity contribution in [3.8, 4) is 0 Å². The lowest BCUT2D eigenvalue weighted by atomic mass is 9.87. The van der Waals surface area contributed by atoms with Gasteiger partial charge in [0.15, 0.2) is 0 Å². The van der Waals surface area contributed by atoms with Gasteiger partial charge in [0.2, 0.25) is 5.91 Å². The number of rotatable bonds is 4. The van der Waals surface area contributed by atoms with E-state index in [9.17, 15) is 4.79 Å². The number of nitrogens with one attached hydrogen (secondary N) is 1. The molecule has 0 aliphatic rings. The minimum Gasteiger partial charge on any atom is -0.393 e. The molecule has 1 amide bonds. The maximum absolute atomic E-state index is 11.5. The van der Waals surface area contributed by atoms with E-state index in [2.05, 4.69) is 5.32 Å². The molecule has 0 heterocycles. The molecule has 4 heteroatoms. The summed E-state index contributed by atoms with van der Waals surface area (Å²) < 4.78 is 0. The van der Waals surface area contributed by atoms with E-state index in [0.717, 1.165) is 0 Å². The van der Waals surface area contributed by atoms with Crippen molar-refractivity contribution in [1.82, 2.24) is 5.32 Å². The quantitative estimate of drug-likeness (QED) is 0.611. The summed E-state index contributed by atoms with van der Waals surface area (Å²) in [6.45, 7) is 7.93. The van der Waals surface area contributed by atoms with Gasteiger partial charge >= 0.3 is 0 Å². The van der Waals surface area contributed by atoms with Crippen LogP contribution in [0.25, 0.3) is 0 Å². The molecule has 0 aliphatic heterocycles. The van der Waals surface area contributed by atoms with Gasteiger partial charge in [-0.25, -0.2) is 0 Å². The Morgan fingerprint density at radius 2 is 2.00 bits per heavy atom. The van der Waals surface area contributed by atoms with Crippen LogP contribution in [-0.4, -0.2) is 29.7 Å². The van der Waals surface area contributed by atoms with Crippen LogP contribution in [0.5, 0.6) is 0 Å². The molecule has 14 heavy (non-hydrogen) atoms. The van der Waals surface area contributed by atoms with E-state index < -0.39 is 6.04 Å². The summed E-state index contributed by atoms with van der Waals surface area (Å²) >= 11 is 0. The van der Waals surface area contributed by atoms with Crippen molar-refractivity contribution in [3.63, 3.8) is 0 Å². The molecule has 0 aromatic heterocycles. The molecule has 0 aliphatic carbocycles. The van der Waals surface area contributed by atoms with Crippen LogP contribution in [0.1, 0.15) is 34.1 Å². The van der Waals surface area contributed by atoms with Gasteiger partial charge in [0.05, 0.1) is 12.1 Å². The van der Waals surface area contributed by atoms with Gasteiger partial charge in [-0.05, 0) is 18.8 Å². The molecule has 2 atom stereocenters. The zero-order valence-electron chi connectivity index (χ0n) is 9.50. The van der Waals surface area contributed by atoms with Crippen LogP contribution in [0.4, 0.5) is 0 Å². The molecule has 0 saturated heterocycles. The normalized spacial score (nSPS) is 16.1. The largest absolute Gasteiger partial charge is 0.393 e. The Morgan fingerprint density at radius 1 is 1.50 bits per heavy atom.